The molecule has 2 amide bonds. The minimum absolute atomic E-state index is 0.0387. The van der Waals surface area contributed by atoms with Crippen LogP contribution in [-0.4, -0.2) is 43.7 Å². The van der Waals surface area contributed by atoms with Crippen molar-refractivity contribution in [3.05, 3.63) is 95.8 Å². The first-order valence-corrected chi connectivity index (χ1v) is 12.0. The Balaban J connectivity index is 1.70. The lowest BCUT2D eigenvalue weighted by atomic mass is 10.2. The van der Waals surface area contributed by atoms with Crippen molar-refractivity contribution in [3.63, 3.8) is 0 Å². The predicted octanol–water partition coefficient (Wildman–Crippen LogP) is 3.14. The van der Waals surface area contributed by atoms with Gasteiger partial charge in [0.1, 0.15) is 11.9 Å². The van der Waals surface area contributed by atoms with Crippen molar-refractivity contribution < 1.29 is 31.9 Å². The van der Waals surface area contributed by atoms with Crippen molar-refractivity contribution in [1.29, 1.82) is 0 Å². The van der Waals surface area contributed by atoms with Crippen molar-refractivity contribution in [2.45, 2.75) is 23.9 Å². The number of nitrogens with zero attached hydrogens (tertiary/aromatic N) is 2. The molecule has 1 fully saturated rings. The molecule has 180 valence electrons. The topological polar surface area (TPSA) is 101 Å². The molecular formula is C25H21FN2O6S. The molecule has 35 heavy (non-hydrogen) atoms. The van der Waals surface area contributed by atoms with E-state index in [4.69, 9.17) is 0 Å². The molecule has 0 bridgehead atoms. The summed E-state index contributed by atoms with van der Waals surface area (Å²) in [6, 6.07) is 17.2. The molecule has 1 unspecified atom stereocenters. The average molecular weight is 497 g/mol. The van der Waals surface area contributed by atoms with Crippen LogP contribution in [0.1, 0.15) is 22.3 Å². The molecule has 1 atom stereocenters. The van der Waals surface area contributed by atoms with E-state index in [2.05, 4.69) is 4.74 Å². The van der Waals surface area contributed by atoms with Crippen LogP contribution in [0.25, 0.3) is 0 Å². The summed E-state index contributed by atoms with van der Waals surface area (Å²) >= 11 is 0. The third-order valence-electron chi connectivity index (χ3n) is 5.62. The van der Waals surface area contributed by atoms with Gasteiger partial charge in [-0.1, -0.05) is 30.3 Å². The first kappa shape index (κ1) is 24.2. The summed E-state index contributed by atoms with van der Waals surface area (Å²) in [5.74, 6) is -2.37. The van der Waals surface area contributed by atoms with Gasteiger partial charge in [0.25, 0.3) is 5.91 Å². The van der Waals surface area contributed by atoms with E-state index in [1.165, 1.54) is 67.8 Å². The van der Waals surface area contributed by atoms with Crippen LogP contribution in [0.4, 0.5) is 10.1 Å². The SMILES string of the molecule is COC(=O)c1ccc(N2C(=O)CC(N(Cc3ccc(F)cc3)S(=O)(=O)c3ccccc3)C2=O)cc1. The number of methoxy groups -OCH3 is 1. The predicted molar refractivity (Wildman–Crippen MR) is 124 cm³/mol. The van der Waals surface area contributed by atoms with Gasteiger partial charge in [-0.15, -0.1) is 0 Å². The van der Waals surface area contributed by atoms with Crippen LogP contribution in [0.15, 0.2) is 83.8 Å². The minimum atomic E-state index is -4.20. The smallest absolute Gasteiger partial charge is 0.337 e. The van der Waals surface area contributed by atoms with Crippen LogP contribution >= 0.6 is 0 Å². The number of carbonyl (C=O) groups is 3. The first-order chi connectivity index (χ1) is 16.7. The normalized spacial score (nSPS) is 16.1. The summed E-state index contributed by atoms with van der Waals surface area (Å²) < 4.78 is 46.1. The van der Waals surface area contributed by atoms with Crippen LogP contribution in [0.2, 0.25) is 0 Å². The second kappa shape index (κ2) is 9.77. The standard InChI is InChI=1S/C25H21FN2O6S/c1-34-25(31)18-9-13-20(14-10-18)28-23(29)15-22(24(28)30)27(16-17-7-11-19(26)12-8-17)35(32,33)21-5-3-2-4-6-21/h2-14,22H,15-16H2,1H3. The van der Waals surface area contributed by atoms with Gasteiger partial charge in [-0.25, -0.2) is 22.5 Å². The van der Waals surface area contributed by atoms with E-state index in [1.54, 1.807) is 18.2 Å². The van der Waals surface area contributed by atoms with Crippen LogP contribution in [0.5, 0.6) is 0 Å². The quantitative estimate of drug-likeness (QED) is 0.368. The largest absolute Gasteiger partial charge is 0.465 e. The molecule has 1 aliphatic heterocycles. The monoisotopic (exact) mass is 496 g/mol. The number of imide groups is 1. The molecule has 0 N–H and O–H groups in total. The van der Waals surface area contributed by atoms with Crippen molar-refractivity contribution >= 4 is 33.5 Å². The zero-order valence-corrected chi connectivity index (χ0v) is 19.4. The molecule has 1 heterocycles. The van der Waals surface area contributed by atoms with Gasteiger partial charge in [0.05, 0.1) is 29.7 Å². The van der Waals surface area contributed by atoms with Crippen molar-refractivity contribution in [3.8, 4) is 0 Å². The number of carbonyl (C=O) groups excluding carboxylic acids is 3. The van der Waals surface area contributed by atoms with Crippen LogP contribution in [0, 0.1) is 5.82 Å². The Labute approximate surface area is 201 Å². The fraction of sp³-hybridized carbons (Fsp3) is 0.160. The van der Waals surface area contributed by atoms with Crippen LogP contribution < -0.4 is 4.90 Å². The number of rotatable bonds is 7. The molecule has 0 spiro atoms. The second-order valence-corrected chi connectivity index (χ2v) is 9.71. The molecule has 0 aliphatic carbocycles. The van der Waals surface area contributed by atoms with Gasteiger partial charge < -0.3 is 4.74 Å². The van der Waals surface area contributed by atoms with E-state index < -0.39 is 39.7 Å². The molecule has 0 aromatic heterocycles. The van der Waals surface area contributed by atoms with Crippen molar-refractivity contribution in [1.82, 2.24) is 4.31 Å². The summed E-state index contributed by atoms with van der Waals surface area (Å²) in [5.41, 5.74) is 0.887. The summed E-state index contributed by atoms with van der Waals surface area (Å²) in [4.78, 5) is 38.8. The average Bonchev–Trinajstić information content (AvgIpc) is 3.16. The Morgan fingerprint density at radius 2 is 1.63 bits per heavy atom. The molecule has 4 rings (SSSR count). The third kappa shape index (κ3) is 4.84. The van der Waals surface area contributed by atoms with E-state index in [9.17, 15) is 27.2 Å². The zero-order valence-electron chi connectivity index (χ0n) is 18.6. The van der Waals surface area contributed by atoms with Gasteiger partial charge in [-0.05, 0) is 54.1 Å². The Hall–Kier alpha value is -3.89. The van der Waals surface area contributed by atoms with Gasteiger partial charge in [0, 0.05) is 6.54 Å². The third-order valence-corrected chi connectivity index (χ3v) is 7.49. The molecular weight excluding hydrogens is 475 g/mol. The Bertz CT molecular complexity index is 1360. The van der Waals surface area contributed by atoms with Crippen LogP contribution in [-0.2, 0) is 30.9 Å². The van der Waals surface area contributed by atoms with Gasteiger partial charge in [-0.2, -0.15) is 4.31 Å². The lowest BCUT2D eigenvalue weighted by Crippen LogP contribution is -2.45. The van der Waals surface area contributed by atoms with Crippen LogP contribution in [0.3, 0.4) is 0 Å². The van der Waals surface area contributed by atoms with Gasteiger partial charge in [-0.3, -0.25) is 9.59 Å². The maximum Gasteiger partial charge on any atom is 0.337 e. The van der Waals surface area contributed by atoms with E-state index >= 15 is 0 Å². The van der Waals surface area contributed by atoms with Crippen molar-refractivity contribution in [2.24, 2.45) is 0 Å². The molecule has 0 saturated carbocycles. The number of hydrogen-bond donors (Lipinski definition) is 0. The highest BCUT2D eigenvalue weighted by Crippen LogP contribution is 2.31. The number of sulfonamides is 1. The van der Waals surface area contributed by atoms with E-state index in [0.717, 1.165) is 9.21 Å². The highest BCUT2D eigenvalue weighted by atomic mass is 32.2. The molecule has 3 aromatic carbocycles. The van der Waals surface area contributed by atoms with Crippen molar-refractivity contribution in [2.75, 3.05) is 12.0 Å². The summed E-state index contributed by atoms with van der Waals surface area (Å²) in [6.45, 7) is -0.240. The number of esters is 1. The van der Waals surface area contributed by atoms with E-state index in [1.807, 2.05) is 0 Å². The number of ether oxygens (including phenoxy) is 1. The number of benzene rings is 3. The summed E-state index contributed by atoms with van der Waals surface area (Å²) in [7, 11) is -2.96. The Morgan fingerprint density at radius 3 is 2.23 bits per heavy atom. The lowest BCUT2D eigenvalue weighted by molar-refractivity contribution is -0.122. The molecule has 10 heteroatoms. The highest BCUT2D eigenvalue weighted by Gasteiger charge is 2.47. The summed E-state index contributed by atoms with van der Waals surface area (Å²) in [6.07, 6.45) is -0.370. The maximum atomic E-state index is 13.6. The maximum absolute atomic E-state index is 13.6. The number of hydrogen-bond acceptors (Lipinski definition) is 6. The van der Waals surface area contributed by atoms with Gasteiger partial charge in [0.2, 0.25) is 15.9 Å². The Morgan fingerprint density at radius 1 is 1.00 bits per heavy atom. The zero-order chi connectivity index (χ0) is 25.2. The molecule has 3 aromatic rings. The molecule has 0 radical (unpaired) electrons. The summed E-state index contributed by atoms with van der Waals surface area (Å²) in [5, 5.41) is 0. The lowest BCUT2D eigenvalue weighted by Gasteiger charge is -2.27. The highest BCUT2D eigenvalue weighted by molar-refractivity contribution is 7.89. The Kier molecular flexibility index (Phi) is 6.77. The molecule has 1 aliphatic rings. The number of amides is 2. The number of anilines is 1. The minimum Gasteiger partial charge on any atom is -0.465 e. The molecule has 1 saturated heterocycles. The fourth-order valence-corrected chi connectivity index (χ4v) is 5.43. The first-order valence-electron chi connectivity index (χ1n) is 10.6. The van der Waals surface area contributed by atoms with Gasteiger partial charge >= 0.3 is 5.97 Å². The van der Waals surface area contributed by atoms with Gasteiger partial charge in [0.15, 0.2) is 0 Å². The fourth-order valence-electron chi connectivity index (χ4n) is 3.84. The molecule has 8 nitrogen and oxygen atoms in total. The number of halogens is 1. The van der Waals surface area contributed by atoms with E-state index in [0.29, 0.717) is 5.56 Å². The van der Waals surface area contributed by atoms with E-state index in [-0.39, 0.29) is 29.1 Å². The second-order valence-electron chi connectivity index (χ2n) is 7.82.